The summed E-state index contributed by atoms with van der Waals surface area (Å²) in [6.07, 6.45) is 2.58. The molecule has 0 spiro atoms. The summed E-state index contributed by atoms with van der Waals surface area (Å²) in [4.78, 5) is 21.2. The number of hydrogen-bond donors (Lipinski definition) is 3. The predicted octanol–water partition coefficient (Wildman–Crippen LogP) is 2.54. The molecular weight excluding hydrogens is 350 g/mol. The van der Waals surface area contributed by atoms with Crippen LogP contribution in [0.4, 0.5) is 10.9 Å². The summed E-state index contributed by atoms with van der Waals surface area (Å²) < 4.78 is 6.27. The molecule has 26 heavy (non-hydrogen) atoms. The lowest BCUT2D eigenvalue weighted by Crippen LogP contribution is -2.36. The number of benzene rings is 1. The maximum atomic E-state index is 12.4. The second kappa shape index (κ2) is 7.27. The van der Waals surface area contributed by atoms with Gasteiger partial charge in [0.05, 0.1) is 17.3 Å². The number of aromatic nitrogens is 2. The molecule has 134 valence electrons. The molecule has 1 atom stereocenters. The van der Waals surface area contributed by atoms with Crippen molar-refractivity contribution < 1.29 is 9.53 Å². The maximum absolute atomic E-state index is 12.4. The molecule has 0 aliphatic carbocycles. The van der Waals surface area contributed by atoms with Crippen molar-refractivity contribution in [1.82, 2.24) is 20.6 Å². The number of nitrogens with zero attached hydrogens (tertiary/aromatic N) is 2. The van der Waals surface area contributed by atoms with E-state index in [-0.39, 0.29) is 11.9 Å². The van der Waals surface area contributed by atoms with Gasteiger partial charge in [-0.15, -0.1) is 0 Å². The van der Waals surface area contributed by atoms with Gasteiger partial charge in [-0.1, -0.05) is 11.3 Å². The molecule has 0 saturated carbocycles. The quantitative estimate of drug-likeness (QED) is 0.641. The van der Waals surface area contributed by atoms with Crippen molar-refractivity contribution in [2.24, 2.45) is 0 Å². The molecule has 3 N–H and O–H groups in total. The average Bonchev–Trinajstić information content (AvgIpc) is 3.30. The summed E-state index contributed by atoms with van der Waals surface area (Å²) in [5.41, 5.74) is 1.47. The summed E-state index contributed by atoms with van der Waals surface area (Å²) in [6, 6.07) is 9.39. The van der Waals surface area contributed by atoms with E-state index in [9.17, 15) is 4.79 Å². The number of rotatable bonds is 5. The van der Waals surface area contributed by atoms with Gasteiger partial charge in [-0.25, -0.2) is 9.97 Å². The fourth-order valence-electron chi connectivity index (χ4n) is 2.88. The van der Waals surface area contributed by atoms with Gasteiger partial charge in [0.2, 0.25) is 0 Å². The number of ether oxygens (including phenoxy) is 1. The molecular formula is C18H19N5O2S. The van der Waals surface area contributed by atoms with Gasteiger partial charge in [-0.2, -0.15) is 0 Å². The van der Waals surface area contributed by atoms with Gasteiger partial charge >= 0.3 is 0 Å². The summed E-state index contributed by atoms with van der Waals surface area (Å²) in [6.45, 7) is 1.76. The minimum atomic E-state index is -0.0850. The van der Waals surface area contributed by atoms with E-state index in [1.807, 2.05) is 18.2 Å². The lowest BCUT2D eigenvalue weighted by atomic mass is 10.2. The van der Waals surface area contributed by atoms with Crippen LogP contribution in [0.1, 0.15) is 16.8 Å². The van der Waals surface area contributed by atoms with Crippen LogP contribution in [0.2, 0.25) is 0 Å². The number of fused-ring (bicyclic) bond motifs is 1. The lowest BCUT2D eigenvalue weighted by Gasteiger charge is -2.11. The van der Waals surface area contributed by atoms with E-state index in [0.29, 0.717) is 11.4 Å². The normalized spacial score (nSPS) is 16.6. The first-order valence-corrected chi connectivity index (χ1v) is 9.22. The Hall–Kier alpha value is -2.71. The van der Waals surface area contributed by atoms with Gasteiger partial charge < -0.3 is 20.7 Å². The molecule has 3 aromatic rings. The Morgan fingerprint density at radius 1 is 1.35 bits per heavy atom. The minimum absolute atomic E-state index is 0.0850. The fourth-order valence-corrected chi connectivity index (χ4v) is 3.78. The zero-order valence-electron chi connectivity index (χ0n) is 14.3. The molecule has 1 aliphatic rings. The van der Waals surface area contributed by atoms with E-state index in [2.05, 4.69) is 25.9 Å². The van der Waals surface area contributed by atoms with Crippen molar-refractivity contribution in [3.63, 3.8) is 0 Å². The molecule has 0 bridgehead atoms. The number of hydrogen-bond acceptors (Lipinski definition) is 7. The Labute approximate surface area is 154 Å². The molecule has 1 aromatic carbocycles. The van der Waals surface area contributed by atoms with Crippen LogP contribution in [0.25, 0.3) is 10.2 Å². The summed E-state index contributed by atoms with van der Waals surface area (Å²) >= 11 is 1.51. The highest BCUT2D eigenvalue weighted by Gasteiger charge is 2.18. The van der Waals surface area contributed by atoms with Crippen LogP contribution in [-0.2, 0) is 0 Å². The SMILES string of the molecule is COc1ccc2nc(Nc3cc(C(=O)N[C@@H]4CCNC4)ccn3)sc2c1. The number of carbonyl (C=O) groups is 1. The number of pyridine rings is 1. The number of anilines is 2. The molecule has 8 heteroatoms. The van der Waals surface area contributed by atoms with Crippen LogP contribution in [0.3, 0.4) is 0 Å². The molecule has 1 amide bonds. The largest absolute Gasteiger partial charge is 0.497 e. The van der Waals surface area contributed by atoms with Crippen molar-refractivity contribution in [1.29, 1.82) is 0 Å². The van der Waals surface area contributed by atoms with Crippen LogP contribution in [0.5, 0.6) is 5.75 Å². The third-order valence-corrected chi connectivity index (χ3v) is 5.18. The zero-order chi connectivity index (χ0) is 17.9. The van der Waals surface area contributed by atoms with Crippen LogP contribution in [-0.4, -0.2) is 42.1 Å². The molecule has 1 fully saturated rings. The first-order chi connectivity index (χ1) is 12.7. The van der Waals surface area contributed by atoms with Crippen LogP contribution >= 0.6 is 11.3 Å². The Kier molecular flexibility index (Phi) is 4.68. The van der Waals surface area contributed by atoms with E-state index in [1.165, 1.54) is 11.3 Å². The van der Waals surface area contributed by atoms with Gasteiger partial charge in [0.25, 0.3) is 5.91 Å². The topological polar surface area (TPSA) is 88.2 Å². The van der Waals surface area contributed by atoms with E-state index < -0.39 is 0 Å². The fraction of sp³-hybridized carbons (Fsp3) is 0.278. The van der Waals surface area contributed by atoms with Gasteiger partial charge in [0.1, 0.15) is 11.6 Å². The Morgan fingerprint density at radius 2 is 2.27 bits per heavy atom. The standard InChI is InChI=1S/C18H19N5O2S/c1-25-13-2-3-14-15(9-13)26-18(22-14)23-16-8-11(4-7-20-16)17(24)21-12-5-6-19-10-12/h2-4,7-9,12,19H,5-6,10H2,1H3,(H,21,24)(H,20,22,23)/t12-/m1/s1. The predicted molar refractivity (Wildman–Crippen MR) is 102 cm³/mol. The number of amides is 1. The minimum Gasteiger partial charge on any atom is -0.497 e. The molecule has 3 heterocycles. The van der Waals surface area contributed by atoms with Crippen LogP contribution in [0, 0.1) is 0 Å². The first-order valence-electron chi connectivity index (χ1n) is 8.40. The highest BCUT2D eigenvalue weighted by molar-refractivity contribution is 7.22. The molecule has 7 nitrogen and oxygen atoms in total. The summed E-state index contributed by atoms with van der Waals surface area (Å²) in [5.74, 6) is 1.30. The Bertz CT molecular complexity index is 936. The lowest BCUT2D eigenvalue weighted by molar-refractivity contribution is 0.0940. The number of nitrogens with one attached hydrogen (secondary N) is 3. The highest BCUT2D eigenvalue weighted by atomic mass is 32.1. The second-order valence-corrected chi connectivity index (χ2v) is 7.10. The number of methoxy groups -OCH3 is 1. The van der Waals surface area contributed by atoms with Crippen molar-refractivity contribution in [2.75, 3.05) is 25.5 Å². The number of carbonyl (C=O) groups excluding carboxylic acids is 1. The third kappa shape index (κ3) is 3.61. The molecule has 1 aliphatic heterocycles. The van der Waals surface area contributed by atoms with Gasteiger partial charge in [-0.3, -0.25) is 4.79 Å². The van der Waals surface area contributed by atoms with Crippen molar-refractivity contribution in [3.05, 3.63) is 42.1 Å². The molecule has 0 unspecified atom stereocenters. The van der Waals surface area contributed by atoms with E-state index >= 15 is 0 Å². The summed E-state index contributed by atoms with van der Waals surface area (Å²) in [5, 5.41) is 10.2. The second-order valence-electron chi connectivity index (χ2n) is 6.07. The summed E-state index contributed by atoms with van der Waals surface area (Å²) in [7, 11) is 1.64. The zero-order valence-corrected chi connectivity index (χ0v) is 15.1. The van der Waals surface area contributed by atoms with E-state index in [0.717, 1.165) is 40.6 Å². The van der Waals surface area contributed by atoms with Gasteiger partial charge in [0.15, 0.2) is 5.13 Å². The first kappa shape index (κ1) is 16.7. The van der Waals surface area contributed by atoms with Crippen molar-refractivity contribution in [2.45, 2.75) is 12.5 Å². The van der Waals surface area contributed by atoms with Crippen LogP contribution in [0.15, 0.2) is 36.5 Å². The third-order valence-electron chi connectivity index (χ3n) is 4.25. The highest BCUT2D eigenvalue weighted by Crippen LogP contribution is 2.30. The van der Waals surface area contributed by atoms with Gasteiger partial charge in [-0.05, 0) is 43.3 Å². The van der Waals surface area contributed by atoms with E-state index in [4.69, 9.17) is 4.74 Å². The Morgan fingerprint density at radius 3 is 3.08 bits per heavy atom. The van der Waals surface area contributed by atoms with Crippen molar-refractivity contribution in [3.8, 4) is 5.75 Å². The number of thiazole rings is 1. The monoisotopic (exact) mass is 369 g/mol. The van der Waals surface area contributed by atoms with Crippen molar-refractivity contribution >= 4 is 38.4 Å². The molecule has 2 aromatic heterocycles. The van der Waals surface area contributed by atoms with Crippen LogP contribution < -0.4 is 20.7 Å². The molecule has 4 rings (SSSR count). The average molecular weight is 369 g/mol. The van der Waals surface area contributed by atoms with E-state index in [1.54, 1.807) is 25.4 Å². The van der Waals surface area contributed by atoms with Gasteiger partial charge in [0, 0.05) is 24.3 Å². The smallest absolute Gasteiger partial charge is 0.251 e. The Balaban J connectivity index is 1.50. The maximum Gasteiger partial charge on any atom is 0.251 e. The molecule has 0 radical (unpaired) electrons. The molecule has 1 saturated heterocycles.